The van der Waals surface area contributed by atoms with E-state index in [4.69, 9.17) is 17.3 Å². The van der Waals surface area contributed by atoms with Gasteiger partial charge in [-0.05, 0) is 43.4 Å². The van der Waals surface area contributed by atoms with Crippen LogP contribution in [0.1, 0.15) is 31.4 Å². The van der Waals surface area contributed by atoms with Crippen LogP contribution in [-0.4, -0.2) is 24.8 Å². The van der Waals surface area contributed by atoms with Gasteiger partial charge in [0, 0.05) is 25.7 Å². The number of hydrogen-bond donors (Lipinski definition) is 2. The number of anilines is 1. The average Bonchev–Trinajstić information content (AvgIpc) is 2.38. The van der Waals surface area contributed by atoms with Crippen LogP contribution in [-0.2, 0) is 0 Å². The van der Waals surface area contributed by atoms with Gasteiger partial charge in [0.1, 0.15) is 0 Å². The Bertz CT molecular complexity index is 409. The van der Waals surface area contributed by atoms with Crippen LogP contribution in [0.2, 0.25) is 5.02 Å². The van der Waals surface area contributed by atoms with E-state index in [-0.39, 0.29) is 12.6 Å². The van der Waals surface area contributed by atoms with E-state index in [0.717, 1.165) is 42.2 Å². The van der Waals surface area contributed by atoms with E-state index in [1.165, 1.54) is 0 Å². The number of aliphatic hydroxyl groups is 1. The summed E-state index contributed by atoms with van der Waals surface area (Å²) < 4.78 is 0. The molecule has 0 amide bonds. The SMILES string of the molecule is C[C@H](N)c1ccc(N2CCCC(CO)C2)c(Cl)c1. The molecule has 2 rings (SSSR count). The van der Waals surface area contributed by atoms with Crippen molar-refractivity contribution in [2.75, 3.05) is 24.6 Å². The van der Waals surface area contributed by atoms with Crippen molar-refractivity contribution in [2.45, 2.75) is 25.8 Å². The normalized spacial score (nSPS) is 22.0. The molecule has 0 aromatic heterocycles. The first kappa shape index (κ1) is 13.7. The number of piperidine rings is 1. The smallest absolute Gasteiger partial charge is 0.0642 e. The molecule has 0 radical (unpaired) electrons. The van der Waals surface area contributed by atoms with Gasteiger partial charge in [0.05, 0.1) is 10.7 Å². The van der Waals surface area contributed by atoms with Crippen LogP contribution in [0.25, 0.3) is 0 Å². The van der Waals surface area contributed by atoms with Crippen LogP contribution in [0, 0.1) is 5.92 Å². The minimum Gasteiger partial charge on any atom is -0.396 e. The van der Waals surface area contributed by atoms with Gasteiger partial charge in [-0.25, -0.2) is 0 Å². The molecule has 3 N–H and O–H groups in total. The van der Waals surface area contributed by atoms with Gasteiger partial charge >= 0.3 is 0 Å². The number of aliphatic hydroxyl groups excluding tert-OH is 1. The maximum atomic E-state index is 9.27. The predicted molar refractivity (Wildman–Crippen MR) is 76.1 cm³/mol. The van der Waals surface area contributed by atoms with E-state index in [1.807, 2.05) is 25.1 Å². The summed E-state index contributed by atoms with van der Waals surface area (Å²) in [6, 6.07) is 6.03. The van der Waals surface area contributed by atoms with Gasteiger partial charge in [-0.3, -0.25) is 0 Å². The second kappa shape index (κ2) is 5.91. The largest absolute Gasteiger partial charge is 0.396 e. The van der Waals surface area contributed by atoms with Gasteiger partial charge in [0.25, 0.3) is 0 Å². The molecule has 0 saturated carbocycles. The van der Waals surface area contributed by atoms with Crippen LogP contribution < -0.4 is 10.6 Å². The fourth-order valence-corrected chi connectivity index (χ4v) is 2.80. The summed E-state index contributed by atoms with van der Waals surface area (Å²) in [6.07, 6.45) is 2.21. The van der Waals surface area contributed by atoms with Crippen LogP contribution in [0.3, 0.4) is 0 Å². The van der Waals surface area contributed by atoms with Crippen molar-refractivity contribution in [3.8, 4) is 0 Å². The third-order valence-corrected chi connectivity index (χ3v) is 3.92. The third-order valence-electron chi connectivity index (χ3n) is 3.62. The molecule has 4 heteroatoms. The monoisotopic (exact) mass is 268 g/mol. The van der Waals surface area contributed by atoms with Gasteiger partial charge in [-0.1, -0.05) is 17.7 Å². The average molecular weight is 269 g/mol. The van der Waals surface area contributed by atoms with Crippen molar-refractivity contribution >= 4 is 17.3 Å². The molecule has 1 aliphatic rings. The predicted octanol–water partition coefficient (Wildman–Crippen LogP) is 2.57. The zero-order valence-electron chi connectivity index (χ0n) is 10.8. The molecule has 1 aromatic carbocycles. The molecule has 1 aromatic rings. The number of benzene rings is 1. The molecule has 1 unspecified atom stereocenters. The van der Waals surface area contributed by atoms with Gasteiger partial charge in [0.15, 0.2) is 0 Å². The summed E-state index contributed by atoms with van der Waals surface area (Å²) in [6.45, 7) is 4.10. The first-order valence-corrected chi connectivity index (χ1v) is 6.90. The van der Waals surface area contributed by atoms with Crippen LogP contribution >= 0.6 is 11.6 Å². The van der Waals surface area contributed by atoms with Crippen molar-refractivity contribution in [3.05, 3.63) is 28.8 Å². The molecule has 1 aliphatic heterocycles. The highest BCUT2D eigenvalue weighted by Crippen LogP contribution is 2.31. The molecule has 18 heavy (non-hydrogen) atoms. The number of nitrogens with zero attached hydrogens (tertiary/aromatic N) is 1. The molecular formula is C14H21ClN2O. The highest BCUT2D eigenvalue weighted by molar-refractivity contribution is 6.33. The molecule has 0 bridgehead atoms. The van der Waals surface area contributed by atoms with E-state index in [2.05, 4.69) is 4.90 Å². The zero-order valence-corrected chi connectivity index (χ0v) is 11.5. The highest BCUT2D eigenvalue weighted by atomic mass is 35.5. The van der Waals surface area contributed by atoms with Crippen molar-refractivity contribution in [2.24, 2.45) is 11.7 Å². The third kappa shape index (κ3) is 2.97. The summed E-state index contributed by atoms with van der Waals surface area (Å²) in [5.74, 6) is 0.364. The summed E-state index contributed by atoms with van der Waals surface area (Å²) in [5.41, 5.74) is 7.96. The summed E-state index contributed by atoms with van der Waals surface area (Å²) in [4.78, 5) is 2.26. The first-order chi connectivity index (χ1) is 8.61. The van der Waals surface area contributed by atoms with Gasteiger partial charge in [-0.15, -0.1) is 0 Å². The van der Waals surface area contributed by atoms with E-state index in [0.29, 0.717) is 5.92 Å². The Balaban J connectivity index is 2.17. The minimum atomic E-state index is 0.00287. The summed E-state index contributed by atoms with van der Waals surface area (Å²) in [5, 5.41) is 10.0. The van der Waals surface area contributed by atoms with Crippen molar-refractivity contribution < 1.29 is 5.11 Å². The lowest BCUT2D eigenvalue weighted by atomic mass is 9.98. The van der Waals surface area contributed by atoms with E-state index in [9.17, 15) is 5.11 Å². The molecule has 1 saturated heterocycles. The Morgan fingerprint density at radius 3 is 2.94 bits per heavy atom. The topological polar surface area (TPSA) is 49.5 Å². The second-order valence-electron chi connectivity index (χ2n) is 5.14. The summed E-state index contributed by atoms with van der Waals surface area (Å²) >= 11 is 6.34. The molecular weight excluding hydrogens is 248 g/mol. The quantitative estimate of drug-likeness (QED) is 0.886. The van der Waals surface area contributed by atoms with E-state index >= 15 is 0 Å². The molecule has 1 heterocycles. The van der Waals surface area contributed by atoms with Crippen molar-refractivity contribution in [3.63, 3.8) is 0 Å². The molecule has 1 fully saturated rings. The van der Waals surface area contributed by atoms with Gasteiger partial charge in [-0.2, -0.15) is 0 Å². The van der Waals surface area contributed by atoms with Gasteiger partial charge in [0.2, 0.25) is 0 Å². The Morgan fingerprint density at radius 2 is 2.33 bits per heavy atom. The number of hydrogen-bond acceptors (Lipinski definition) is 3. The van der Waals surface area contributed by atoms with Crippen molar-refractivity contribution in [1.82, 2.24) is 0 Å². The van der Waals surface area contributed by atoms with Crippen molar-refractivity contribution in [1.29, 1.82) is 0 Å². The lowest BCUT2D eigenvalue weighted by molar-refractivity contribution is 0.209. The number of halogens is 1. The number of rotatable bonds is 3. The molecule has 0 aliphatic carbocycles. The first-order valence-electron chi connectivity index (χ1n) is 6.52. The lowest BCUT2D eigenvalue weighted by Crippen LogP contribution is -2.36. The fraction of sp³-hybridized carbons (Fsp3) is 0.571. The minimum absolute atomic E-state index is 0.00287. The van der Waals surface area contributed by atoms with E-state index in [1.54, 1.807) is 0 Å². The molecule has 0 spiro atoms. The van der Waals surface area contributed by atoms with E-state index < -0.39 is 0 Å². The Morgan fingerprint density at radius 1 is 1.56 bits per heavy atom. The van der Waals surface area contributed by atoms with Gasteiger partial charge < -0.3 is 15.7 Å². The molecule has 2 atom stereocenters. The maximum Gasteiger partial charge on any atom is 0.0642 e. The Hall–Kier alpha value is -0.770. The summed E-state index contributed by atoms with van der Waals surface area (Å²) in [7, 11) is 0. The van der Waals surface area contributed by atoms with Crippen LogP contribution in [0.15, 0.2) is 18.2 Å². The molecule has 100 valence electrons. The second-order valence-corrected chi connectivity index (χ2v) is 5.54. The standard InChI is InChI=1S/C14H21ClN2O/c1-10(16)12-4-5-14(13(15)7-12)17-6-2-3-11(8-17)9-18/h4-5,7,10-11,18H,2-3,6,8-9,16H2,1H3/t10-,11?/m0/s1. The van der Waals surface area contributed by atoms with Crippen LogP contribution in [0.5, 0.6) is 0 Å². The highest BCUT2D eigenvalue weighted by Gasteiger charge is 2.21. The Labute approximate surface area is 114 Å². The molecule has 3 nitrogen and oxygen atoms in total. The lowest BCUT2D eigenvalue weighted by Gasteiger charge is -2.34. The Kier molecular flexibility index (Phi) is 4.49. The zero-order chi connectivity index (χ0) is 13.1. The maximum absolute atomic E-state index is 9.27. The fourth-order valence-electron chi connectivity index (χ4n) is 2.50. The number of nitrogens with two attached hydrogens (primary N) is 1. The van der Waals surface area contributed by atoms with Crippen LogP contribution in [0.4, 0.5) is 5.69 Å².